The van der Waals surface area contributed by atoms with Crippen LogP contribution in [0.25, 0.3) is 10.9 Å². The van der Waals surface area contributed by atoms with E-state index in [1.165, 1.54) is 5.56 Å². The summed E-state index contributed by atoms with van der Waals surface area (Å²) in [6.07, 6.45) is 0. The third-order valence-corrected chi connectivity index (χ3v) is 6.22. The number of nitrogens with one attached hydrogen (secondary N) is 2. The first-order chi connectivity index (χ1) is 14.7. The molecule has 2 N–H and O–H groups in total. The Morgan fingerprint density at radius 3 is 2.43 bits per heavy atom. The Bertz CT molecular complexity index is 1140. The highest BCUT2D eigenvalue weighted by atomic mass is 32.2. The molecule has 0 radical (unpaired) electrons. The predicted molar refractivity (Wildman–Crippen MR) is 123 cm³/mol. The Morgan fingerprint density at radius 1 is 1.03 bits per heavy atom. The molecule has 0 saturated heterocycles. The largest absolute Gasteiger partial charge is 0.497 e. The van der Waals surface area contributed by atoms with Crippen LogP contribution in [0.4, 0.5) is 0 Å². The lowest BCUT2D eigenvalue weighted by Crippen LogP contribution is -2.28. The van der Waals surface area contributed by atoms with Crippen LogP contribution in [0.1, 0.15) is 28.9 Å². The Balaban J connectivity index is 1.62. The highest BCUT2D eigenvalue weighted by Crippen LogP contribution is 2.37. The summed E-state index contributed by atoms with van der Waals surface area (Å²) in [4.78, 5) is 18.4. The standard InChI is InChI=1S/C25H24N2O2S/c1-17(18-9-5-3-6-10-18)16-26-25(28)23-24(30-20-11-7-4-8-12-20)21-14-13-19(29-2)15-22(21)27-23/h3-15,17,27H,16H2,1-2H3,(H,26,28). The van der Waals surface area contributed by atoms with Gasteiger partial charge in [-0.1, -0.05) is 67.2 Å². The van der Waals surface area contributed by atoms with Gasteiger partial charge in [-0.25, -0.2) is 0 Å². The molecule has 0 aliphatic rings. The third-order valence-electron chi connectivity index (χ3n) is 5.09. The highest BCUT2D eigenvalue weighted by molar-refractivity contribution is 7.99. The zero-order chi connectivity index (χ0) is 20.9. The predicted octanol–water partition coefficient (Wildman–Crippen LogP) is 5.86. The molecule has 5 heteroatoms. The van der Waals surface area contributed by atoms with Gasteiger partial charge in [0.2, 0.25) is 0 Å². The lowest BCUT2D eigenvalue weighted by Gasteiger charge is -2.13. The van der Waals surface area contributed by atoms with Crippen LogP contribution in [-0.4, -0.2) is 24.5 Å². The minimum absolute atomic E-state index is 0.105. The zero-order valence-electron chi connectivity index (χ0n) is 17.0. The van der Waals surface area contributed by atoms with Crippen molar-refractivity contribution in [1.29, 1.82) is 0 Å². The molecule has 1 heterocycles. The number of aromatic nitrogens is 1. The molecule has 0 saturated carbocycles. The summed E-state index contributed by atoms with van der Waals surface area (Å²) in [5.41, 5.74) is 2.67. The average Bonchev–Trinajstić information content (AvgIpc) is 3.16. The van der Waals surface area contributed by atoms with E-state index in [9.17, 15) is 4.79 Å². The molecule has 4 aromatic rings. The molecule has 0 fully saturated rings. The number of benzene rings is 3. The van der Waals surface area contributed by atoms with Gasteiger partial charge in [-0.05, 0) is 35.7 Å². The van der Waals surface area contributed by atoms with Crippen molar-refractivity contribution in [2.24, 2.45) is 0 Å². The van der Waals surface area contributed by atoms with Crippen LogP contribution in [0.3, 0.4) is 0 Å². The SMILES string of the molecule is COc1ccc2c(Sc3ccccc3)c(C(=O)NCC(C)c3ccccc3)[nH]c2c1. The van der Waals surface area contributed by atoms with E-state index in [1.807, 2.05) is 66.7 Å². The molecule has 1 atom stereocenters. The molecule has 4 rings (SSSR count). The number of hydrogen-bond donors (Lipinski definition) is 2. The molecule has 1 unspecified atom stereocenters. The van der Waals surface area contributed by atoms with Gasteiger partial charge in [0, 0.05) is 22.9 Å². The number of amides is 1. The van der Waals surface area contributed by atoms with Crippen molar-refractivity contribution in [1.82, 2.24) is 10.3 Å². The van der Waals surface area contributed by atoms with Crippen LogP contribution in [0.5, 0.6) is 5.75 Å². The van der Waals surface area contributed by atoms with Crippen molar-refractivity contribution in [2.75, 3.05) is 13.7 Å². The fraction of sp³-hybridized carbons (Fsp3) is 0.160. The topological polar surface area (TPSA) is 54.1 Å². The minimum Gasteiger partial charge on any atom is -0.497 e. The number of carbonyl (C=O) groups excluding carboxylic acids is 1. The summed E-state index contributed by atoms with van der Waals surface area (Å²) < 4.78 is 5.35. The van der Waals surface area contributed by atoms with E-state index in [0.29, 0.717) is 12.2 Å². The first-order valence-corrected chi connectivity index (χ1v) is 10.7. The quantitative estimate of drug-likeness (QED) is 0.397. The maximum absolute atomic E-state index is 13.1. The summed E-state index contributed by atoms with van der Waals surface area (Å²) >= 11 is 1.59. The van der Waals surface area contributed by atoms with Crippen LogP contribution >= 0.6 is 11.8 Å². The van der Waals surface area contributed by atoms with E-state index in [1.54, 1.807) is 18.9 Å². The summed E-state index contributed by atoms with van der Waals surface area (Å²) in [6.45, 7) is 2.68. The zero-order valence-corrected chi connectivity index (χ0v) is 17.8. The lowest BCUT2D eigenvalue weighted by atomic mass is 10.0. The first kappa shape index (κ1) is 20.1. The molecule has 0 aliphatic carbocycles. The second-order valence-corrected chi connectivity index (χ2v) is 8.26. The number of aromatic amines is 1. The van der Waals surface area contributed by atoms with Gasteiger partial charge in [0.05, 0.1) is 17.5 Å². The minimum atomic E-state index is -0.105. The van der Waals surface area contributed by atoms with Gasteiger partial charge in [-0.2, -0.15) is 0 Å². The molecule has 3 aromatic carbocycles. The number of ether oxygens (including phenoxy) is 1. The molecule has 0 bridgehead atoms. The van der Waals surface area contributed by atoms with Crippen molar-refractivity contribution in [3.8, 4) is 5.75 Å². The maximum atomic E-state index is 13.1. The smallest absolute Gasteiger partial charge is 0.268 e. The summed E-state index contributed by atoms with van der Waals surface area (Å²) in [6, 6.07) is 26.1. The second kappa shape index (κ2) is 9.09. The van der Waals surface area contributed by atoms with Crippen molar-refractivity contribution < 1.29 is 9.53 Å². The van der Waals surface area contributed by atoms with Crippen LogP contribution in [0, 0.1) is 0 Å². The number of methoxy groups -OCH3 is 1. The molecule has 152 valence electrons. The van der Waals surface area contributed by atoms with E-state index < -0.39 is 0 Å². The van der Waals surface area contributed by atoms with E-state index in [0.717, 1.165) is 26.4 Å². The van der Waals surface area contributed by atoms with Gasteiger partial charge in [-0.3, -0.25) is 4.79 Å². The van der Waals surface area contributed by atoms with E-state index in [2.05, 4.69) is 29.4 Å². The van der Waals surface area contributed by atoms with Gasteiger partial charge in [0.15, 0.2) is 0 Å². The molecule has 4 nitrogen and oxygen atoms in total. The van der Waals surface area contributed by atoms with Crippen LogP contribution in [0.2, 0.25) is 0 Å². The van der Waals surface area contributed by atoms with Crippen molar-refractivity contribution >= 4 is 28.6 Å². The molecule has 1 amide bonds. The normalized spacial score (nSPS) is 11.9. The van der Waals surface area contributed by atoms with Crippen molar-refractivity contribution in [2.45, 2.75) is 22.6 Å². The summed E-state index contributed by atoms with van der Waals surface area (Å²) in [5.74, 6) is 0.876. The third kappa shape index (κ3) is 4.36. The number of fused-ring (bicyclic) bond motifs is 1. The van der Waals surface area contributed by atoms with Gasteiger partial charge < -0.3 is 15.0 Å². The molecule has 1 aromatic heterocycles. The fourth-order valence-electron chi connectivity index (χ4n) is 3.38. The van der Waals surface area contributed by atoms with Gasteiger partial charge in [-0.15, -0.1) is 0 Å². The van der Waals surface area contributed by atoms with Crippen LogP contribution in [-0.2, 0) is 0 Å². The summed E-state index contributed by atoms with van der Waals surface area (Å²) in [7, 11) is 1.64. The lowest BCUT2D eigenvalue weighted by molar-refractivity contribution is 0.0944. The molecular formula is C25H24N2O2S. The number of hydrogen-bond acceptors (Lipinski definition) is 3. The van der Waals surface area contributed by atoms with Gasteiger partial charge >= 0.3 is 0 Å². The van der Waals surface area contributed by atoms with Gasteiger partial charge in [0.25, 0.3) is 5.91 Å². The Kier molecular flexibility index (Phi) is 6.10. The second-order valence-electron chi connectivity index (χ2n) is 7.18. The molecule has 0 aliphatic heterocycles. The highest BCUT2D eigenvalue weighted by Gasteiger charge is 2.20. The van der Waals surface area contributed by atoms with E-state index in [4.69, 9.17) is 4.74 Å². The average molecular weight is 417 g/mol. The van der Waals surface area contributed by atoms with Gasteiger partial charge in [0.1, 0.15) is 11.4 Å². The Hall–Kier alpha value is -3.18. The first-order valence-electron chi connectivity index (χ1n) is 9.91. The number of carbonyl (C=O) groups is 1. The molecule has 30 heavy (non-hydrogen) atoms. The van der Waals surface area contributed by atoms with Crippen molar-refractivity contribution in [3.63, 3.8) is 0 Å². The Morgan fingerprint density at radius 2 is 1.73 bits per heavy atom. The number of rotatable bonds is 7. The molecular weight excluding hydrogens is 392 g/mol. The molecule has 0 spiro atoms. The summed E-state index contributed by atoms with van der Waals surface area (Å²) in [5, 5.41) is 4.10. The van der Waals surface area contributed by atoms with Crippen molar-refractivity contribution in [3.05, 3.63) is 90.1 Å². The maximum Gasteiger partial charge on any atom is 0.268 e. The fourth-order valence-corrected chi connectivity index (χ4v) is 4.45. The monoisotopic (exact) mass is 416 g/mol. The van der Waals surface area contributed by atoms with E-state index >= 15 is 0 Å². The number of H-pyrrole nitrogens is 1. The van der Waals surface area contributed by atoms with E-state index in [-0.39, 0.29) is 11.8 Å². The van der Waals surface area contributed by atoms with Crippen LogP contribution in [0.15, 0.2) is 88.7 Å². The van der Waals surface area contributed by atoms with Crippen LogP contribution < -0.4 is 10.1 Å². The Labute approximate surface area is 180 Å².